The van der Waals surface area contributed by atoms with Crippen molar-refractivity contribution < 1.29 is 0 Å². The molecule has 0 saturated heterocycles. The summed E-state index contributed by atoms with van der Waals surface area (Å²) in [6.07, 6.45) is 0. The number of hydrogen-bond donors (Lipinski definition) is 0. The molecule has 2 radical (unpaired) electrons. The highest BCUT2D eigenvalue weighted by molar-refractivity contribution is 5.86. The van der Waals surface area contributed by atoms with Gasteiger partial charge in [0, 0.05) is 0 Å². The Balaban J connectivity index is 1.94. The summed E-state index contributed by atoms with van der Waals surface area (Å²) in [5.41, 5.74) is 23.7. The normalized spacial score (nSPS) is 13.8. The van der Waals surface area contributed by atoms with E-state index in [1.807, 2.05) is 24.3 Å². The minimum absolute atomic E-state index is 0.436. The summed E-state index contributed by atoms with van der Waals surface area (Å²) in [7, 11) is 0. The lowest BCUT2D eigenvalue weighted by molar-refractivity contribution is 0.768. The molecule has 0 aromatic heterocycles. The van der Waals surface area contributed by atoms with Crippen LogP contribution >= 0.6 is 0 Å². The number of hydrogen-bond acceptors (Lipinski definition) is 0. The fourth-order valence-electron chi connectivity index (χ4n) is 4.46. The van der Waals surface area contributed by atoms with E-state index < -0.39 is 5.41 Å². The van der Waals surface area contributed by atoms with Crippen molar-refractivity contribution in [2.45, 2.75) is 5.41 Å². The lowest BCUT2D eigenvalue weighted by atomic mass is 9.67. The number of benzene rings is 4. The first-order chi connectivity index (χ1) is 13.2. The Morgan fingerprint density at radius 1 is 0.444 bits per heavy atom. The van der Waals surface area contributed by atoms with Crippen LogP contribution in [0.2, 0.25) is 0 Å². The van der Waals surface area contributed by atoms with Gasteiger partial charge in [0.05, 0.1) is 16.8 Å². The van der Waals surface area contributed by atoms with Crippen LogP contribution in [0.15, 0.2) is 97.1 Å². The zero-order chi connectivity index (χ0) is 18.4. The minimum atomic E-state index is -0.436. The van der Waals surface area contributed by atoms with Gasteiger partial charge in [-0.25, -0.2) is 0 Å². The molecule has 0 bridgehead atoms. The summed E-state index contributed by atoms with van der Waals surface area (Å²) in [5.74, 6) is 0. The molecule has 128 valence electrons. The molecule has 2 N–H and O–H groups in total. The smallest absolute Gasteiger partial charge is 0.0713 e. The van der Waals surface area contributed by atoms with E-state index in [4.69, 9.17) is 11.5 Å². The van der Waals surface area contributed by atoms with Crippen LogP contribution in [0, 0.1) is 0 Å². The standard InChI is InChI=1S/C25H18N2/c26-19-13-9-17(10-14-19)25(18-11-15-20(27)16-12-18)23-7-3-1-5-21(23)22-6-2-4-8-24(22)25/h1-16,26-27H. The Bertz CT molecular complexity index is 1030. The Morgan fingerprint density at radius 3 is 1.22 bits per heavy atom. The summed E-state index contributed by atoms with van der Waals surface area (Å²) in [6.45, 7) is 0. The topological polar surface area (TPSA) is 47.6 Å². The lowest BCUT2D eigenvalue weighted by Gasteiger charge is -2.33. The Kier molecular flexibility index (Phi) is 3.34. The van der Waals surface area contributed by atoms with Crippen molar-refractivity contribution in [3.8, 4) is 11.1 Å². The number of fused-ring (bicyclic) bond motifs is 3. The maximum Gasteiger partial charge on any atom is 0.0713 e. The van der Waals surface area contributed by atoms with Gasteiger partial charge in [-0.1, -0.05) is 72.8 Å². The summed E-state index contributed by atoms with van der Waals surface area (Å²) in [6, 6.07) is 32.9. The molecule has 0 atom stereocenters. The van der Waals surface area contributed by atoms with Crippen LogP contribution in [-0.4, -0.2) is 0 Å². The number of nitrogens with one attached hydrogen (secondary N) is 2. The maximum absolute atomic E-state index is 7.92. The average molecular weight is 346 g/mol. The van der Waals surface area contributed by atoms with Crippen LogP contribution in [0.1, 0.15) is 22.3 Å². The van der Waals surface area contributed by atoms with Gasteiger partial charge in [0.15, 0.2) is 0 Å². The molecule has 0 fully saturated rings. The molecular formula is C25H18N2. The largest absolute Gasteiger partial charge is 0.301 e. The van der Waals surface area contributed by atoms with Gasteiger partial charge in [-0.15, -0.1) is 0 Å². The predicted molar refractivity (Wildman–Crippen MR) is 109 cm³/mol. The maximum atomic E-state index is 7.92. The van der Waals surface area contributed by atoms with Crippen LogP contribution in [-0.2, 0) is 5.41 Å². The Labute approximate surface area is 159 Å². The van der Waals surface area contributed by atoms with E-state index in [0.29, 0.717) is 11.4 Å². The molecule has 27 heavy (non-hydrogen) atoms. The summed E-state index contributed by atoms with van der Waals surface area (Å²) in [5, 5.41) is 0. The SMILES string of the molecule is [NH]c1ccc(C2(c3ccc([NH])cc3)c3ccccc3-c3ccccc32)cc1. The second-order valence-electron chi connectivity index (χ2n) is 7.00. The summed E-state index contributed by atoms with van der Waals surface area (Å²) in [4.78, 5) is 0. The van der Waals surface area contributed by atoms with E-state index in [0.717, 1.165) is 11.1 Å². The highest BCUT2D eigenvalue weighted by Gasteiger charge is 2.45. The van der Waals surface area contributed by atoms with Crippen LogP contribution in [0.5, 0.6) is 0 Å². The van der Waals surface area contributed by atoms with E-state index in [2.05, 4.69) is 72.8 Å². The van der Waals surface area contributed by atoms with Crippen molar-refractivity contribution in [2.75, 3.05) is 0 Å². The third-order valence-electron chi connectivity index (χ3n) is 5.59. The average Bonchev–Trinajstić information content (AvgIpc) is 3.01. The van der Waals surface area contributed by atoms with Crippen LogP contribution in [0.4, 0.5) is 11.4 Å². The second-order valence-corrected chi connectivity index (χ2v) is 7.00. The van der Waals surface area contributed by atoms with Crippen molar-refractivity contribution in [1.29, 1.82) is 0 Å². The molecule has 0 amide bonds. The molecule has 0 spiro atoms. The van der Waals surface area contributed by atoms with Crippen LogP contribution < -0.4 is 11.5 Å². The van der Waals surface area contributed by atoms with Gasteiger partial charge >= 0.3 is 0 Å². The van der Waals surface area contributed by atoms with Crippen LogP contribution in [0.25, 0.3) is 11.1 Å². The predicted octanol–water partition coefficient (Wildman–Crippen LogP) is 5.88. The quantitative estimate of drug-likeness (QED) is 0.383. The molecule has 0 unspecified atom stereocenters. The van der Waals surface area contributed by atoms with Gasteiger partial charge in [-0.3, -0.25) is 0 Å². The van der Waals surface area contributed by atoms with Crippen molar-refractivity contribution in [3.63, 3.8) is 0 Å². The second kappa shape index (κ2) is 5.75. The van der Waals surface area contributed by atoms with E-state index in [1.165, 1.54) is 22.3 Å². The van der Waals surface area contributed by atoms with Gasteiger partial charge in [0.2, 0.25) is 0 Å². The number of rotatable bonds is 2. The van der Waals surface area contributed by atoms with Gasteiger partial charge in [0.25, 0.3) is 0 Å². The van der Waals surface area contributed by atoms with Gasteiger partial charge in [0.1, 0.15) is 0 Å². The molecule has 4 aromatic carbocycles. The molecule has 1 aliphatic rings. The Hall–Kier alpha value is -3.52. The molecule has 0 aliphatic heterocycles. The zero-order valence-corrected chi connectivity index (χ0v) is 14.7. The van der Waals surface area contributed by atoms with E-state index >= 15 is 0 Å². The monoisotopic (exact) mass is 346 g/mol. The Morgan fingerprint density at radius 2 is 0.815 bits per heavy atom. The molecule has 0 heterocycles. The zero-order valence-electron chi connectivity index (χ0n) is 14.7. The summed E-state index contributed by atoms with van der Waals surface area (Å²) >= 11 is 0. The fraction of sp³-hybridized carbons (Fsp3) is 0.0400. The first-order valence-corrected chi connectivity index (χ1v) is 9.05. The molecular weight excluding hydrogens is 328 g/mol. The first kappa shape index (κ1) is 15.7. The van der Waals surface area contributed by atoms with Gasteiger partial charge in [-0.2, -0.15) is 0 Å². The highest BCUT2D eigenvalue weighted by Crippen LogP contribution is 2.55. The molecule has 5 rings (SSSR count). The van der Waals surface area contributed by atoms with Crippen LogP contribution in [0.3, 0.4) is 0 Å². The van der Waals surface area contributed by atoms with Crippen molar-refractivity contribution in [3.05, 3.63) is 119 Å². The van der Waals surface area contributed by atoms with E-state index in [-0.39, 0.29) is 0 Å². The molecule has 2 nitrogen and oxygen atoms in total. The molecule has 0 saturated carbocycles. The lowest BCUT2D eigenvalue weighted by Crippen LogP contribution is -2.28. The third kappa shape index (κ3) is 2.13. The first-order valence-electron chi connectivity index (χ1n) is 9.05. The molecule has 4 aromatic rings. The van der Waals surface area contributed by atoms with E-state index in [9.17, 15) is 0 Å². The minimum Gasteiger partial charge on any atom is -0.301 e. The highest BCUT2D eigenvalue weighted by atomic mass is 14.6. The van der Waals surface area contributed by atoms with Crippen molar-refractivity contribution in [2.24, 2.45) is 0 Å². The third-order valence-corrected chi connectivity index (χ3v) is 5.59. The van der Waals surface area contributed by atoms with E-state index in [1.54, 1.807) is 0 Å². The van der Waals surface area contributed by atoms with Gasteiger partial charge in [-0.05, 0) is 57.6 Å². The fourth-order valence-corrected chi connectivity index (χ4v) is 4.46. The molecule has 2 heteroatoms. The summed E-state index contributed by atoms with van der Waals surface area (Å²) < 4.78 is 0. The van der Waals surface area contributed by atoms with Crippen molar-refractivity contribution in [1.82, 2.24) is 11.5 Å². The van der Waals surface area contributed by atoms with Gasteiger partial charge < -0.3 is 11.5 Å². The molecule has 1 aliphatic carbocycles. The van der Waals surface area contributed by atoms with Crippen molar-refractivity contribution >= 4 is 11.4 Å².